The molecule has 0 spiro atoms. The van der Waals surface area contributed by atoms with Gasteiger partial charge in [-0.1, -0.05) is 11.6 Å². The number of carbonyl (C=O) groups is 2. The lowest BCUT2D eigenvalue weighted by Crippen LogP contribution is -2.41. The summed E-state index contributed by atoms with van der Waals surface area (Å²) in [5.41, 5.74) is 1.03. The Morgan fingerprint density at radius 3 is 2.50 bits per heavy atom. The smallest absolute Gasteiger partial charge is 0.407 e. The lowest BCUT2D eigenvalue weighted by Gasteiger charge is -2.30. The molecule has 22 heavy (non-hydrogen) atoms. The number of likely N-dealkylation sites (tertiary alicyclic amines) is 1. The minimum atomic E-state index is -0.912. The first-order valence-corrected chi connectivity index (χ1v) is 7.33. The van der Waals surface area contributed by atoms with Crippen LogP contribution >= 0.6 is 11.6 Å². The number of hydrogen-bond donors (Lipinski definition) is 1. The molecular weight excluding hydrogens is 310 g/mol. The number of methoxy groups -OCH3 is 1. The molecule has 0 aliphatic carbocycles. The molecule has 1 amide bonds. The van der Waals surface area contributed by atoms with Gasteiger partial charge in [0, 0.05) is 36.5 Å². The number of nitrogens with zero attached hydrogens (tertiary/aromatic N) is 1. The Bertz CT molecular complexity index is 582. The number of carboxylic acid groups (broad SMARTS) is 1. The summed E-state index contributed by atoms with van der Waals surface area (Å²) in [5, 5.41) is 9.33. The molecular formula is C15H18ClNO5. The van der Waals surface area contributed by atoms with E-state index in [2.05, 4.69) is 0 Å². The van der Waals surface area contributed by atoms with Gasteiger partial charge in [-0.2, -0.15) is 0 Å². The predicted octanol–water partition coefficient (Wildman–Crippen LogP) is 2.96. The number of ether oxygens (including phenoxy) is 2. The maximum Gasteiger partial charge on any atom is 0.407 e. The normalized spacial score (nSPS) is 15.5. The highest BCUT2D eigenvalue weighted by atomic mass is 35.5. The molecule has 0 bridgehead atoms. The zero-order valence-corrected chi connectivity index (χ0v) is 13.2. The molecule has 1 N–H and O–H groups in total. The number of halogens is 1. The Morgan fingerprint density at radius 1 is 1.32 bits per heavy atom. The third-order valence-electron chi connectivity index (χ3n) is 3.74. The maximum atomic E-state index is 11.7. The highest BCUT2D eigenvalue weighted by Gasteiger charge is 2.24. The van der Waals surface area contributed by atoms with Gasteiger partial charge in [-0.25, -0.2) is 9.59 Å². The molecule has 120 valence electrons. The number of esters is 1. The Labute approximate surface area is 133 Å². The summed E-state index contributed by atoms with van der Waals surface area (Å²) in [4.78, 5) is 24.0. The minimum absolute atomic E-state index is 0.0988. The molecule has 2 rings (SSSR count). The van der Waals surface area contributed by atoms with Gasteiger partial charge < -0.3 is 19.5 Å². The van der Waals surface area contributed by atoms with Crippen LogP contribution in [0.15, 0.2) is 12.1 Å². The molecule has 1 aromatic carbocycles. The summed E-state index contributed by atoms with van der Waals surface area (Å²) >= 11 is 6.03. The molecule has 1 fully saturated rings. The van der Waals surface area contributed by atoms with Crippen LogP contribution in [0.3, 0.4) is 0 Å². The van der Waals surface area contributed by atoms with E-state index in [1.54, 1.807) is 19.1 Å². The van der Waals surface area contributed by atoms with Gasteiger partial charge in [0.15, 0.2) is 0 Å². The van der Waals surface area contributed by atoms with Crippen molar-refractivity contribution in [1.29, 1.82) is 0 Å². The van der Waals surface area contributed by atoms with Crippen LogP contribution in [0, 0.1) is 6.92 Å². The monoisotopic (exact) mass is 327 g/mol. The van der Waals surface area contributed by atoms with Gasteiger partial charge in [-0.15, -0.1) is 0 Å². The van der Waals surface area contributed by atoms with E-state index >= 15 is 0 Å². The van der Waals surface area contributed by atoms with Gasteiger partial charge >= 0.3 is 12.1 Å². The number of carbonyl (C=O) groups excluding carboxylic acids is 1. The third-order valence-corrected chi connectivity index (χ3v) is 3.95. The number of amides is 1. The van der Waals surface area contributed by atoms with E-state index in [-0.39, 0.29) is 6.10 Å². The first-order chi connectivity index (χ1) is 10.4. The van der Waals surface area contributed by atoms with E-state index in [1.807, 2.05) is 0 Å². The lowest BCUT2D eigenvalue weighted by molar-refractivity contribution is 0.0596. The van der Waals surface area contributed by atoms with Crippen LogP contribution in [-0.4, -0.2) is 48.4 Å². The fourth-order valence-corrected chi connectivity index (χ4v) is 2.65. The van der Waals surface area contributed by atoms with Crippen molar-refractivity contribution >= 4 is 23.7 Å². The minimum Gasteiger partial charge on any atom is -0.490 e. The van der Waals surface area contributed by atoms with Gasteiger partial charge in [0.2, 0.25) is 0 Å². The topological polar surface area (TPSA) is 76.1 Å². The molecule has 0 unspecified atom stereocenters. The van der Waals surface area contributed by atoms with Crippen molar-refractivity contribution in [3.05, 3.63) is 28.3 Å². The number of rotatable bonds is 3. The molecule has 0 saturated carbocycles. The van der Waals surface area contributed by atoms with Crippen molar-refractivity contribution in [2.75, 3.05) is 20.2 Å². The average Bonchev–Trinajstić information content (AvgIpc) is 2.50. The fourth-order valence-electron chi connectivity index (χ4n) is 2.44. The third kappa shape index (κ3) is 3.62. The molecule has 1 aliphatic heterocycles. The van der Waals surface area contributed by atoms with Crippen molar-refractivity contribution in [2.45, 2.75) is 25.9 Å². The summed E-state index contributed by atoms with van der Waals surface area (Å²) < 4.78 is 10.7. The van der Waals surface area contributed by atoms with Crippen LogP contribution < -0.4 is 4.74 Å². The number of benzene rings is 1. The summed E-state index contributed by atoms with van der Waals surface area (Å²) in [5.74, 6) is 0.0622. The highest BCUT2D eigenvalue weighted by Crippen LogP contribution is 2.29. The largest absolute Gasteiger partial charge is 0.490 e. The highest BCUT2D eigenvalue weighted by molar-refractivity contribution is 6.31. The molecule has 0 radical (unpaired) electrons. The second kappa shape index (κ2) is 6.87. The molecule has 7 heteroatoms. The van der Waals surface area contributed by atoms with Gasteiger partial charge in [-0.05, 0) is 19.1 Å². The maximum absolute atomic E-state index is 11.7. The fraction of sp³-hybridized carbons (Fsp3) is 0.467. The first-order valence-electron chi connectivity index (χ1n) is 6.95. The molecule has 6 nitrogen and oxygen atoms in total. The van der Waals surface area contributed by atoms with Crippen LogP contribution in [0.1, 0.15) is 28.8 Å². The average molecular weight is 328 g/mol. The molecule has 0 atom stereocenters. The van der Waals surface area contributed by atoms with E-state index < -0.39 is 12.1 Å². The zero-order valence-electron chi connectivity index (χ0n) is 12.5. The van der Waals surface area contributed by atoms with E-state index in [0.717, 1.165) is 0 Å². The number of hydrogen-bond acceptors (Lipinski definition) is 4. The van der Waals surface area contributed by atoms with E-state index in [4.69, 9.17) is 26.2 Å². The van der Waals surface area contributed by atoms with Crippen LogP contribution in [0.4, 0.5) is 4.79 Å². The molecule has 0 aromatic heterocycles. The second-order valence-corrected chi connectivity index (χ2v) is 5.59. The molecule has 1 aliphatic rings. The Kier molecular flexibility index (Phi) is 5.13. The first kappa shape index (κ1) is 16.4. The van der Waals surface area contributed by atoms with Crippen LogP contribution in [-0.2, 0) is 4.74 Å². The van der Waals surface area contributed by atoms with Crippen LogP contribution in [0.25, 0.3) is 0 Å². The Balaban J connectivity index is 2.12. The van der Waals surface area contributed by atoms with Gasteiger partial charge in [-0.3, -0.25) is 0 Å². The summed E-state index contributed by atoms with van der Waals surface area (Å²) in [6.07, 6.45) is 0.195. The van der Waals surface area contributed by atoms with Crippen molar-refractivity contribution in [3.63, 3.8) is 0 Å². The van der Waals surface area contributed by atoms with Crippen molar-refractivity contribution in [2.24, 2.45) is 0 Å². The molecule has 1 heterocycles. The SMILES string of the molecule is COC(=O)c1cc(Cl)cc(OC2CCN(C(=O)O)CC2)c1C. The van der Waals surface area contributed by atoms with Crippen LogP contribution in [0.2, 0.25) is 5.02 Å². The summed E-state index contributed by atoms with van der Waals surface area (Å²) in [6.45, 7) is 2.64. The van der Waals surface area contributed by atoms with E-state index in [0.29, 0.717) is 47.8 Å². The van der Waals surface area contributed by atoms with Gasteiger partial charge in [0.1, 0.15) is 11.9 Å². The summed E-state index contributed by atoms with van der Waals surface area (Å²) in [7, 11) is 1.31. The predicted molar refractivity (Wildman–Crippen MR) is 80.8 cm³/mol. The molecule has 1 aromatic rings. The summed E-state index contributed by atoms with van der Waals surface area (Å²) in [6, 6.07) is 3.20. The standard InChI is InChI=1S/C15H18ClNO5/c1-9-12(14(18)21-2)7-10(16)8-13(9)22-11-3-5-17(6-4-11)15(19)20/h7-8,11H,3-6H2,1-2H3,(H,19,20). The molecule has 1 saturated heterocycles. The Hall–Kier alpha value is -1.95. The quantitative estimate of drug-likeness (QED) is 0.864. The van der Waals surface area contributed by atoms with Crippen molar-refractivity contribution in [1.82, 2.24) is 4.90 Å². The number of piperidine rings is 1. The van der Waals surface area contributed by atoms with Gasteiger partial charge in [0.05, 0.1) is 12.7 Å². The Morgan fingerprint density at radius 2 is 1.95 bits per heavy atom. The second-order valence-electron chi connectivity index (χ2n) is 5.15. The zero-order chi connectivity index (χ0) is 16.3. The van der Waals surface area contributed by atoms with E-state index in [9.17, 15) is 9.59 Å². The van der Waals surface area contributed by atoms with Crippen molar-refractivity contribution in [3.8, 4) is 5.75 Å². The lowest BCUT2D eigenvalue weighted by atomic mass is 10.1. The van der Waals surface area contributed by atoms with Crippen LogP contribution in [0.5, 0.6) is 5.75 Å². The van der Waals surface area contributed by atoms with Gasteiger partial charge in [0.25, 0.3) is 0 Å². The van der Waals surface area contributed by atoms with Crippen molar-refractivity contribution < 1.29 is 24.2 Å². The van der Waals surface area contributed by atoms with E-state index in [1.165, 1.54) is 12.0 Å².